The van der Waals surface area contributed by atoms with Crippen molar-refractivity contribution in [2.45, 2.75) is 0 Å². The van der Waals surface area contributed by atoms with Gasteiger partial charge in [-0.3, -0.25) is 13.7 Å². The van der Waals surface area contributed by atoms with E-state index in [9.17, 15) is 0 Å². The van der Waals surface area contributed by atoms with E-state index in [1.807, 2.05) is 0 Å². The first-order valence-electron chi connectivity index (χ1n) is 0.617. The molecule has 0 spiro atoms. The van der Waals surface area contributed by atoms with Crippen LogP contribution in [0.2, 0.25) is 0 Å². The van der Waals surface area contributed by atoms with Crippen LogP contribution in [0.4, 0.5) is 0 Å². The first-order valence-corrected chi connectivity index (χ1v) is 4.14. The summed E-state index contributed by atoms with van der Waals surface area (Å²) in [5.74, 6) is 0. The Balaban J connectivity index is -0.0000000800. The van der Waals surface area contributed by atoms with E-state index in [4.69, 9.17) is 13.7 Å². The molecule has 0 aliphatic heterocycles. The smallest absolute Gasteiger partial charge is 0.286 e. The predicted molar refractivity (Wildman–Crippen MR) is 0 cm³/mol. The molecule has 0 fully saturated rings. The van der Waals surface area contributed by atoms with Gasteiger partial charge in [-0.25, -0.2) is 0 Å². The number of hydrogen-bond donors (Lipinski definition) is 0. The quantitative estimate of drug-likeness (QED) is 0.317. The molecule has 0 atom stereocenters. The monoisotopic (exact) mass is 254 g/mol. The van der Waals surface area contributed by atoms with Gasteiger partial charge in [-0.2, -0.15) is 0 Å². The first-order chi connectivity index (χ1) is 2.00. The Hall–Kier alpha value is 1.69. The molecule has 0 N–H and O–H groups in total. The van der Waals surface area contributed by atoms with Gasteiger partial charge in [0.05, 0.1) is 0 Å². The van der Waals surface area contributed by atoms with Gasteiger partial charge in [0.1, 0.15) is 20.1 Å². The molecule has 7 heavy (non-hydrogen) atoms. The Morgan fingerprint density at radius 2 is 0.857 bits per heavy atom. The molecule has 0 saturated carbocycles. The Bertz CT molecular complexity index is 27.2. The molecule has 7 heteroatoms. The van der Waals surface area contributed by atoms with Crippen LogP contribution < -0.4 is 52.7 Å². The summed E-state index contributed by atoms with van der Waals surface area (Å²) < 4.78 is 34.5. The molecule has 1 radical (unpaired) electrons. The molecular weight excluding hydrogens is 254 g/mol. The third-order valence-corrected chi connectivity index (χ3v) is 0. The second-order valence-electron chi connectivity index (χ2n) is 0.378. The average Bonchev–Trinajstić information content (AvgIpc) is 0.722. The van der Waals surface area contributed by atoms with Crippen LogP contribution in [0.1, 0.15) is 0 Å². The standard InChI is InChI=1S/Fe.IO4.Li/c;2-1(3,4)5;/q+3;-1;+1. The van der Waals surface area contributed by atoms with E-state index in [2.05, 4.69) is 0 Å². The van der Waals surface area contributed by atoms with Crippen LogP contribution in [0.3, 0.4) is 0 Å². The molecule has 0 heterocycles. The molecule has 0 aliphatic carbocycles. The average molecular weight is 254 g/mol. The molecule has 0 aromatic heterocycles. The summed E-state index contributed by atoms with van der Waals surface area (Å²) >= 11 is -5.94. The van der Waals surface area contributed by atoms with Crippen molar-refractivity contribution in [3.8, 4) is 0 Å². The minimum atomic E-state index is -5.94. The first kappa shape index (κ1) is 15.9. The summed E-state index contributed by atoms with van der Waals surface area (Å²) in [5, 5.41) is 0. The summed E-state index contributed by atoms with van der Waals surface area (Å²) in [6, 6.07) is 0. The summed E-state index contributed by atoms with van der Waals surface area (Å²) in [7, 11) is 0. The molecule has 4 nitrogen and oxygen atoms in total. The van der Waals surface area contributed by atoms with Crippen LogP contribution in [0.15, 0.2) is 0 Å². The van der Waals surface area contributed by atoms with Gasteiger partial charge in [0, 0.05) is 0 Å². The summed E-state index contributed by atoms with van der Waals surface area (Å²) in [6.07, 6.45) is 0. The topological polar surface area (TPSA) is 92.2 Å². The Kier molecular flexibility index (Phi) is 13.2. The van der Waals surface area contributed by atoms with Crippen LogP contribution >= 0.6 is 0 Å². The van der Waals surface area contributed by atoms with Gasteiger partial charge in [0.15, 0.2) is 0 Å². The summed E-state index contributed by atoms with van der Waals surface area (Å²) in [5.41, 5.74) is 0. The van der Waals surface area contributed by atoms with E-state index in [1.54, 1.807) is 0 Å². The minimum Gasteiger partial charge on any atom is -0.286 e. The third kappa shape index (κ3) is 87.4. The van der Waals surface area contributed by atoms with E-state index >= 15 is 0 Å². The van der Waals surface area contributed by atoms with Gasteiger partial charge in [0.25, 0.3) is 0 Å². The third-order valence-electron chi connectivity index (χ3n) is 0. The second kappa shape index (κ2) is 5.82. The fourth-order valence-corrected chi connectivity index (χ4v) is 0. The number of rotatable bonds is 0. The van der Waals surface area contributed by atoms with E-state index in [0.29, 0.717) is 0 Å². The second-order valence-corrected chi connectivity index (χ2v) is 2.54. The zero-order chi connectivity index (χ0) is 4.50. The van der Waals surface area contributed by atoms with E-state index < -0.39 is 20.1 Å². The maximum absolute atomic E-state index is 8.62. The fraction of sp³-hybridized carbons (Fsp3) is 0. The predicted octanol–water partition coefficient (Wildman–Crippen LogP) is -10.8. The zero-order valence-corrected chi connectivity index (χ0v) is 6.63. The molecule has 0 saturated heterocycles. The van der Waals surface area contributed by atoms with E-state index in [-0.39, 0.29) is 35.9 Å². The van der Waals surface area contributed by atoms with Crippen molar-refractivity contribution < 1.29 is 69.8 Å². The van der Waals surface area contributed by atoms with Crippen LogP contribution in [-0.2, 0) is 17.1 Å². The van der Waals surface area contributed by atoms with Crippen molar-refractivity contribution in [2.24, 2.45) is 0 Å². The molecule has 0 bridgehead atoms. The van der Waals surface area contributed by atoms with Crippen molar-refractivity contribution in [1.29, 1.82) is 0 Å². The Labute approximate surface area is 69.3 Å². The van der Waals surface area contributed by atoms with Crippen molar-refractivity contribution in [3.05, 3.63) is 0 Å². The molecule has 37 valence electrons. The Morgan fingerprint density at radius 3 is 0.857 bits per heavy atom. The van der Waals surface area contributed by atoms with Crippen molar-refractivity contribution in [1.82, 2.24) is 0 Å². The summed E-state index contributed by atoms with van der Waals surface area (Å²) in [4.78, 5) is 0. The SMILES string of the molecule is [Fe+3].[Li+].[O-][I+3]([O-])([O-])[O-]. The molecule has 0 amide bonds. The minimum absolute atomic E-state index is 0. The maximum atomic E-state index is 8.62. The van der Waals surface area contributed by atoms with Gasteiger partial charge >= 0.3 is 35.9 Å². The zero-order valence-electron chi connectivity index (χ0n) is 3.36. The Morgan fingerprint density at radius 1 is 0.857 bits per heavy atom. The molecule has 0 rings (SSSR count). The van der Waals surface area contributed by atoms with Crippen LogP contribution in [0.5, 0.6) is 0 Å². The van der Waals surface area contributed by atoms with Crippen LogP contribution in [0.25, 0.3) is 0 Å². The van der Waals surface area contributed by atoms with Crippen LogP contribution in [-0.4, -0.2) is 0 Å². The van der Waals surface area contributed by atoms with Gasteiger partial charge in [-0.15, -0.1) is 0 Å². The van der Waals surface area contributed by atoms with Crippen LogP contribution in [0, 0.1) is 0 Å². The summed E-state index contributed by atoms with van der Waals surface area (Å²) in [6.45, 7) is 0. The number of halogens is 1. The largest absolute Gasteiger partial charge is 3.00 e. The van der Waals surface area contributed by atoms with Crippen molar-refractivity contribution in [2.75, 3.05) is 0 Å². The van der Waals surface area contributed by atoms with Gasteiger partial charge in [0.2, 0.25) is 0 Å². The van der Waals surface area contributed by atoms with Crippen molar-refractivity contribution in [3.63, 3.8) is 0 Å². The van der Waals surface area contributed by atoms with Gasteiger partial charge in [-0.1, -0.05) is 0 Å². The van der Waals surface area contributed by atoms with E-state index in [0.717, 1.165) is 0 Å². The van der Waals surface area contributed by atoms with Gasteiger partial charge < -0.3 is 0 Å². The van der Waals surface area contributed by atoms with Gasteiger partial charge in [-0.05, 0) is 0 Å². The molecule has 0 unspecified atom stereocenters. The molecule has 0 aromatic carbocycles. The maximum Gasteiger partial charge on any atom is 3.00 e. The van der Waals surface area contributed by atoms with Crippen molar-refractivity contribution >= 4 is 0 Å². The normalized spacial score (nSPS) is 8.57. The molecule has 0 aromatic rings. The van der Waals surface area contributed by atoms with E-state index in [1.165, 1.54) is 0 Å². The molecule has 0 aliphatic rings. The number of hydrogen-bond acceptors (Lipinski definition) is 4. The fourth-order valence-electron chi connectivity index (χ4n) is 0. The molecular formula is FeILiO4+3.